The van der Waals surface area contributed by atoms with Crippen molar-refractivity contribution in [2.75, 3.05) is 25.0 Å². The first kappa shape index (κ1) is 28.5. The summed E-state index contributed by atoms with van der Waals surface area (Å²) >= 11 is 0. The molecule has 14 heteroatoms. The molecule has 5 atom stereocenters. The number of amides is 4. The third kappa shape index (κ3) is 6.72. The maximum absolute atomic E-state index is 14.0. The van der Waals surface area contributed by atoms with Gasteiger partial charge in [0.25, 0.3) is 0 Å². The number of para-hydroxylation sites is 1. The predicted molar refractivity (Wildman–Crippen MR) is 126 cm³/mol. The van der Waals surface area contributed by atoms with E-state index in [-0.39, 0.29) is 30.5 Å². The molecule has 10 nitrogen and oxygen atoms in total. The van der Waals surface area contributed by atoms with E-state index < -0.39 is 66.2 Å². The van der Waals surface area contributed by atoms with Crippen LogP contribution in [0.1, 0.15) is 32.1 Å². The molecular weight excluding hydrogens is 528 g/mol. The molecule has 1 saturated carbocycles. The largest absolute Gasteiger partial charge is 0.522 e. The molecule has 4 amide bonds. The summed E-state index contributed by atoms with van der Waals surface area (Å²) in [6.45, 7) is -0.969. The third-order valence-electron chi connectivity index (χ3n) is 7.50. The Morgan fingerprint density at radius 2 is 1.87 bits per heavy atom. The van der Waals surface area contributed by atoms with Crippen molar-refractivity contribution in [1.29, 1.82) is 0 Å². The Bertz CT molecular complexity index is 1150. The SMILES string of the molecule is O=C(Nc1ccccc1F)C(=O)N1CC2CCCC2C1C(=O)N[C@@H](C[C@@H]1CCNC1=O)C(=O)COC(F)(F)F. The van der Waals surface area contributed by atoms with E-state index >= 15 is 0 Å². The molecule has 3 fully saturated rings. The fraction of sp³-hybridized carbons (Fsp3) is 0.560. The number of ether oxygens (including phenoxy) is 1. The molecule has 0 aromatic heterocycles. The van der Waals surface area contributed by atoms with Gasteiger partial charge in [0.15, 0.2) is 5.78 Å². The first-order valence-electron chi connectivity index (χ1n) is 12.6. The number of benzene rings is 1. The second kappa shape index (κ2) is 11.7. The number of carbonyl (C=O) groups is 5. The van der Waals surface area contributed by atoms with E-state index in [0.717, 1.165) is 17.4 Å². The Kier molecular flexibility index (Phi) is 8.52. The van der Waals surface area contributed by atoms with Crippen molar-refractivity contribution in [2.45, 2.75) is 50.6 Å². The van der Waals surface area contributed by atoms with Crippen LogP contribution in [0.15, 0.2) is 24.3 Å². The molecule has 2 saturated heterocycles. The summed E-state index contributed by atoms with van der Waals surface area (Å²) in [5, 5.41) is 7.20. The van der Waals surface area contributed by atoms with E-state index in [4.69, 9.17) is 0 Å². The summed E-state index contributed by atoms with van der Waals surface area (Å²) in [7, 11) is 0. The lowest BCUT2D eigenvalue weighted by atomic mass is 9.92. The molecule has 1 aromatic rings. The summed E-state index contributed by atoms with van der Waals surface area (Å²) in [6, 6.07) is 2.57. The quantitative estimate of drug-likeness (QED) is 0.328. The molecule has 3 aliphatic rings. The molecule has 3 N–H and O–H groups in total. The highest BCUT2D eigenvalue weighted by Crippen LogP contribution is 2.42. The molecule has 0 spiro atoms. The lowest BCUT2D eigenvalue weighted by Crippen LogP contribution is -2.55. The lowest BCUT2D eigenvalue weighted by Gasteiger charge is -2.29. The summed E-state index contributed by atoms with van der Waals surface area (Å²) in [4.78, 5) is 65.1. The van der Waals surface area contributed by atoms with Gasteiger partial charge in [0.2, 0.25) is 11.8 Å². The number of likely N-dealkylation sites (tertiary alicyclic amines) is 1. The molecular formula is C25H28F4N4O6. The van der Waals surface area contributed by atoms with Crippen LogP contribution in [0.2, 0.25) is 0 Å². The van der Waals surface area contributed by atoms with Gasteiger partial charge in [-0.1, -0.05) is 18.6 Å². The lowest BCUT2D eigenvalue weighted by molar-refractivity contribution is -0.321. The number of carbonyl (C=O) groups excluding carboxylic acids is 5. The summed E-state index contributed by atoms with van der Waals surface area (Å²) in [5.74, 6) is -6.45. The maximum atomic E-state index is 14.0. The highest BCUT2D eigenvalue weighted by Gasteiger charge is 2.51. The van der Waals surface area contributed by atoms with Crippen molar-refractivity contribution in [3.8, 4) is 0 Å². The van der Waals surface area contributed by atoms with Crippen LogP contribution in [0.5, 0.6) is 0 Å². The molecule has 2 aliphatic heterocycles. The molecule has 0 bridgehead atoms. The number of ketones is 1. The summed E-state index contributed by atoms with van der Waals surface area (Å²) < 4.78 is 55.3. The van der Waals surface area contributed by atoms with Gasteiger partial charge in [-0.25, -0.2) is 4.39 Å². The van der Waals surface area contributed by atoms with Crippen molar-refractivity contribution in [1.82, 2.24) is 15.5 Å². The van der Waals surface area contributed by atoms with Crippen LogP contribution >= 0.6 is 0 Å². The molecule has 212 valence electrons. The van der Waals surface area contributed by atoms with Crippen LogP contribution in [0.3, 0.4) is 0 Å². The number of anilines is 1. The standard InChI is InChI=1S/C25H28F4N4O6/c26-16-6-1-2-7-17(16)31-23(37)24(38)33-11-14-4-3-5-15(14)20(33)22(36)32-18(10-13-8-9-30-21(13)35)19(34)12-39-25(27,28)29/h1-2,6-7,13-15,18,20H,3-5,8-12H2,(H,30,35)(H,31,37)(H,32,36)/t13-,14?,15?,18-,20?/m0/s1. The fourth-order valence-electron chi connectivity index (χ4n) is 5.66. The minimum atomic E-state index is -5.08. The molecule has 1 aliphatic carbocycles. The van der Waals surface area contributed by atoms with Crippen LogP contribution in [0, 0.1) is 23.6 Å². The minimum Gasteiger partial charge on any atom is -0.356 e. The van der Waals surface area contributed by atoms with Crippen LogP contribution < -0.4 is 16.0 Å². The van der Waals surface area contributed by atoms with Gasteiger partial charge in [0.1, 0.15) is 18.5 Å². The van der Waals surface area contributed by atoms with Gasteiger partial charge in [0, 0.05) is 19.0 Å². The number of hydrogen-bond acceptors (Lipinski definition) is 6. The highest BCUT2D eigenvalue weighted by molar-refractivity contribution is 6.40. The van der Waals surface area contributed by atoms with E-state index in [1.807, 2.05) is 0 Å². The predicted octanol–water partition coefficient (Wildman–Crippen LogP) is 1.51. The van der Waals surface area contributed by atoms with E-state index in [0.29, 0.717) is 25.8 Å². The number of rotatable bonds is 8. The van der Waals surface area contributed by atoms with Gasteiger partial charge >= 0.3 is 18.2 Å². The zero-order valence-corrected chi connectivity index (χ0v) is 20.8. The van der Waals surface area contributed by atoms with Crippen molar-refractivity contribution < 1.29 is 46.3 Å². The monoisotopic (exact) mass is 556 g/mol. The number of alkyl halides is 3. The van der Waals surface area contributed by atoms with E-state index in [9.17, 15) is 41.5 Å². The smallest absolute Gasteiger partial charge is 0.356 e. The van der Waals surface area contributed by atoms with Crippen LogP contribution in [-0.2, 0) is 28.7 Å². The van der Waals surface area contributed by atoms with Gasteiger partial charge in [0.05, 0.1) is 11.7 Å². The first-order valence-corrected chi connectivity index (χ1v) is 12.6. The molecule has 0 radical (unpaired) electrons. The molecule has 4 rings (SSSR count). The number of nitrogens with zero attached hydrogens (tertiary/aromatic N) is 1. The first-order chi connectivity index (χ1) is 18.4. The topological polar surface area (TPSA) is 134 Å². The van der Waals surface area contributed by atoms with Gasteiger partial charge < -0.3 is 20.9 Å². The second-order valence-corrected chi connectivity index (χ2v) is 9.97. The Morgan fingerprint density at radius 1 is 1.13 bits per heavy atom. The Hall–Kier alpha value is -3.55. The average Bonchev–Trinajstić information content (AvgIpc) is 3.58. The Labute approximate surface area is 220 Å². The average molecular weight is 557 g/mol. The number of hydrogen-bond donors (Lipinski definition) is 3. The number of nitrogens with one attached hydrogen (secondary N) is 3. The van der Waals surface area contributed by atoms with Crippen molar-refractivity contribution in [3.05, 3.63) is 30.1 Å². The Balaban J connectivity index is 1.51. The normalized spacial score (nSPS) is 25.1. The van der Waals surface area contributed by atoms with Gasteiger partial charge in [-0.15, -0.1) is 13.2 Å². The number of fused-ring (bicyclic) bond motifs is 1. The molecule has 39 heavy (non-hydrogen) atoms. The van der Waals surface area contributed by atoms with Gasteiger partial charge in [-0.2, -0.15) is 0 Å². The Morgan fingerprint density at radius 3 is 2.54 bits per heavy atom. The number of Topliss-reactive ketones (excluding diaryl/α,β-unsaturated/α-hetero) is 1. The minimum absolute atomic E-state index is 0.0765. The molecule has 1 aromatic carbocycles. The fourth-order valence-corrected chi connectivity index (χ4v) is 5.66. The van der Waals surface area contributed by atoms with Gasteiger partial charge in [-0.3, -0.25) is 28.7 Å². The van der Waals surface area contributed by atoms with Crippen molar-refractivity contribution in [3.63, 3.8) is 0 Å². The second-order valence-electron chi connectivity index (χ2n) is 9.97. The molecule has 2 heterocycles. The summed E-state index contributed by atoms with van der Waals surface area (Å²) in [6.07, 6.45) is -2.98. The van der Waals surface area contributed by atoms with Crippen LogP contribution in [-0.4, -0.2) is 72.5 Å². The number of halogens is 4. The van der Waals surface area contributed by atoms with Crippen LogP contribution in [0.25, 0.3) is 0 Å². The third-order valence-corrected chi connectivity index (χ3v) is 7.50. The zero-order chi connectivity index (χ0) is 28.3. The van der Waals surface area contributed by atoms with E-state index in [1.54, 1.807) is 0 Å². The zero-order valence-electron chi connectivity index (χ0n) is 20.8. The summed E-state index contributed by atoms with van der Waals surface area (Å²) in [5.41, 5.74) is -0.221. The van der Waals surface area contributed by atoms with E-state index in [1.165, 1.54) is 18.2 Å². The molecule has 3 unspecified atom stereocenters. The highest BCUT2D eigenvalue weighted by atomic mass is 19.4. The van der Waals surface area contributed by atoms with Gasteiger partial charge in [-0.05, 0) is 49.7 Å². The van der Waals surface area contributed by atoms with Crippen molar-refractivity contribution >= 4 is 35.1 Å². The maximum Gasteiger partial charge on any atom is 0.522 e. The van der Waals surface area contributed by atoms with E-state index in [2.05, 4.69) is 20.7 Å². The van der Waals surface area contributed by atoms with Crippen molar-refractivity contribution in [2.24, 2.45) is 17.8 Å². The van der Waals surface area contributed by atoms with Crippen LogP contribution in [0.4, 0.5) is 23.2 Å².